The Kier molecular flexibility index (Phi) is 4.28. The molecule has 0 aliphatic carbocycles. The van der Waals surface area contributed by atoms with E-state index < -0.39 is 20.7 Å². The molecule has 0 saturated heterocycles. The van der Waals surface area contributed by atoms with Crippen LogP contribution in [0.25, 0.3) is 0 Å². The molecule has 0 radical (unpaired) electrons. The normalized spacial score (nSPS) is 14.3. The second-order valence-corrected chi connectivity index (χ2v) is 6.63. The van der Waals surface area contributed by atoms with Crippen molar-refractivity contribution in [2.24, 2.45) is 4.40 Å². The van der Waals surface area contributed by atoms with E-state index in [1.54, 1.807) is 6.92 Å². The van der Waals surface area contributed by atoms with Gasteiger partial charge in [0, 0.05) is 17.8 Å². The van der Waals surface area contributed by atoms with Gasteiger partial charge in [-0.25, -0.2) is 4.21 Å². The smallest absolute Gasteiger partial charge is 0.258 e. The van der Waals surface area contributed by atoms with Crippen LogP contribution in [-0.4, -0.2) is 24.6 Å². The molecule has 1 aromatic heterocycles. The van der Waals surface area contributed by atoms with Gasteiger partial charge in [-0.05, 0) is 27.7 Å². The minimum atomic E-state index is -1.39. The third-order valence-electron chi connectivity index (χ3n) is 2.10. The molecule has 0 fully saturated rings. The van der Waals surface area contributed by atoms with Crippen molar-refractivity contribution in [1.29, 1.82) is 0 Å². The van der Waals surface area contributed by atoms with Crippen molar-refractivity contribution in [3.63, 3.8) is 0 Å². The summed E-state index contributed by atoms with van der Waals surface area (Å²) in [5, 5.41) is 10.6. The van der Waals surface area contributed by atoms with E-state index in [9.17, 15) is 14.3 Å². The minimum absolute atomic E-state index is 0.108. The zero-order chi connectivity index (χ0) is 13.9. The Morgan fingerprint density at radius 3 is 2.56 bits per heavy atom. The van der Waals surface area contributed by atoms with E-state index in [4.69, 9.17) is 0 Å². The van der Waals surface area contributed by atoms with Crippen LogP contribution in [0.3, 0.4) is 0 Å². The van der Waals surface area contributed by atoms with E-state index in [2.05, 4.69) is 9.38 Å². The fourth-order valence-corrected chi connectivity index (χ4v) is 1.67. The van der Waals surface area contributed by atoms with Crippen molar-refractivity contribution in [2.45, 2.75) is 32.4 Å². The van der Waals surface area contributed by atoms with Crippen LogP contribution < -0.4 is 0 Å². The van der Waals surface area contributed by atoms with Crippen LogP contribution in [0, 0.1) is 10.1 Å². The fourth-order valence-electron chi connectivity index (χ4n) is 1.04. The highest BCUT2D eigenvalue weighted by molar-refractivity contribution is 7.85. The quantitative estimate of drug-likeness (QED) is 0.478. The van der Waals surface area contributed by atoms with E-state index in [1.165, 1.54) is 12.3 Å². The van der Waals surface area contributed by atoms with Gasteiger partial charge in [0.15, 0.2) is 0 Å². The second-order valence-electron chi connectivity index (χ2n) is 4.73. The Hall–Kier alpha value is -1.63. The lowest BCUT2D eigenvalue weighted by molar-refractivity contribution is -0.385. The SMILES string of the molecule is CC(=N[S@](=O)C(C)(C)C)c1cncc([N+](=O)[O-])c1. The Bertz CT molecular complexity index is 521. The lowest BCUT2D eigenvalue weighted by Crippen LogP contribution is -2.20. The highest BCUT2D eigenvalue weighted by Gasteiger charge is 2.19. The summed E-state index contributed by atoms with van der Waals surface area (Å²) in [6.45, 7) is 7.09. The molecule has 0 bridgehead atoms. The molecule has 0 saturated carbocycles. The van der Waals surface area contributed by atoms with E-state index in [0.29, 0.717) is 11.3 Å². The molecule has 0 unspecified atom stereocenters. The molecular weight excluding hydrogens is 254 g/mol. The molecule has 1 heterocycles. The first-order valence-electron chi connectivity index (χ1n) is 5.29. The number of nitrogens with zero attached hydrogens (tertiary/aromatic N) is 3. The summed E-state index contributed by atoms with van der Waals surface area (Å²) in [5.74, 6) is 0. The molecule has 1 aromatic rings. The highest BCUT2D eigenvalue weighted by Crippen LogP contribution is 2.16. The third kappa shape index (κ3) is 3.69. The van der Waals surface area contributed by atoms with E-state index in [-0.39, 0.29) is 5.69 Å². The molecule has 1 rings (SSSR count). The number of aromatic nitrogens is 1. The molecule has 18 heavy (non-hydrogen) atoms. The summed E-state index contributed by atoms with van der Waals surface area (Å²) in [5.41, 5.74) is 0.866. The summed E-state index contributed by atoms with van der Waals surface area (Å²) in [6.07, 6.45) is 2.63. The third-order valence-corrected chi connectivity index (χ3v) is 3.58. The van der Waals surface area contributed by atoms with Gasteiger partial charge in [0.05, 0.1) is 15.4 Å². The van der Waals surface area contributed by atoms with Crippen molar-refractivity contribution in [3.8, 4) is 0 Å². The van der Waals surface area contributed by atoms with Crippen LogP contribution in [0.2, 0.25) is 0 Å². The maximum atomic E-state index is 11.8. The van der Waals surface area contributed by atoms with Crippen LogP contribution in [0.1, 0.15) is 33.3 Å². The molecule has 0 aliphatic heterocycles. The maximum Gasteiger partial charge on any atom is 0.288 e. The number of rotatable bonds is 3. The first-order chi connectivity index (χ1) is 8.21. The Morgan fingerprint density at radius 2 is 2.06 bits per heavy atom. The van der Waals surface area contributed by atoms with Crippen molar-refractivity contribution in [1.82, 2.24) is 4.98 Å². The predicted octanol–water partition coefficient (Wildman–Crippen LogP) is 2.26. The van der Waals surface area contributed by atoms with Crippen molar-refractivity contribution < 1.29 is 9.13 Å². The summed E-state index contributed by atoms with van der Waals surface area (Å²) in [4.78, 5) is 13.9. The molecule has 1 atom stereocenters. The zero-order valence-corrected chi connectivity index (χ0v) is 11.5. The van der Waals surface area contributed by atoms with Gasteiger partial charge in [-0.1, -0.05) is 0 Å². The summed E-state index contributed by atoms with van der Waals surface area (Å²) < 4.78 is 15.4. The molecule has 0 amide bonds. The lowest BCUT2D eigenvalue weighted by atomic mass is 10.2. The number of nitro groups is 1. The van der Waals surface area contributed by atoms with Gasteiger partial charge in [0.2, 0.25) is 0 Å². The lowest BCUT2D eigenvalue weighted by Gasteiger charge is -2.13. The fraction of sp³-hybridized carbons (Fsp3) is 0.455. The van der Waals surface area contributed by atoms with Gasteiger partial charge in [-0.3, -0.25) is 15.1 Å². The maximum absolute atomic E-state index is 11.8. The minimum Gasteiger partial charge on any atom is -0.258 e. The van der Waals surface area contributed by atoms with Crippen molar-refractivity contribution in [2.75, 3.05) is 0 Å². The van der Waals surface area contributed by atoms with Gasteiger partial charge in [0.25, 0.3) is 5.69 Å². The van der Waals surface area contributed by atoms with Crippen LogP contribution >= 0.6 is 0 Å². The standard InChI is InChI=1S/C11H15N3O3S/c1-8(13-18(17)11(2,3)4)9-5-10(14(15)16)7-12-6-9/h5-7H,1-4H3/t18-/m1/s1. The first-order valence-corrected chi connectivity index (χ1v) is 6.39. The summed E-state index contributed by atoms with van der Waals surface area (Å²) in [6, 6.07) is 1.37. The topological polar surface area (TPSA) is 85.5 Å². The zero-order valence-electron chi connectivity index (χ0n) is 10.7. The Labute approximate surface area is 108 Å². The molecule has 0 N–H and O–H groups in total. The van der Waals surface area contributed by atoms with Gasteiger partial charge >= 0.3 is 0 Å². The first kappa shape index (κ1) is 14.4. The van der Waals surface area contributed by atoms with Crippen LogP contribution in [0.5, 0.6) is 0 Å². The molecule has 6 nitrogen and oxygen atoms in total. The monoisotopic (exact) mass is 269 g/mol. The Balaban J connectivity index is 3.08. The van der Waals surface area contributed by atoms with Crippen LogP contribution in [-0.2, 0) is 11.0 Å². The van der Waals surface area contributed by atoms with Gasteiger partial charge < -0.3 is 0 Å². The van der Waals surface area contributed by atoms with Gasteiger partial charge in [-0.15, -0.1) is 0 Å². The van der Waals surface area contributed by atoms with Crippen molar-refractivity contribution in [3.05, 3.63) is 34.1 Å². The number of pyridine rings is 1. The predicted molar refractivity (Wildman–Crippen MR) is 71.0 cm³/mol. The summed E-state index contributed by atoms with van der Waals surface area (Å²) in [7, 11) is -1.39. The van der Waals surface area contributed by atoms with Crippen LogP contribution in [0.4, 0.5) is 5.69 Å². The number of hydrogen-bond acceptors (Lipinski definition) is 4. The summed E-state index contributed by atoms with van der Waals surface area (Å²) >= 11 is 0. The van der Waals surface area contributed by atoms with Gasteiger partial charge in [0.1, 0.15) is 17.2 Å². The largest absolute Gasteiger partial charge is 0.288 e. The van der Waals surface area contributed by atoms with E-state index >= 15 is 0 Å². The molecule has 98 valence electrons. The highest BCUT2D eigenvalue weighted by atomic mass is 32.2. The van der Waals surface area contributed by atoms with E-state index in [0.717, 1.165) is 6.20 Å². The molecule has 0 aromatic carbocycles. The van der Waals surface area contributed by atoms with Gasteiger partial charge in [-0.2, -0.15) is 4.40 Å². The molecule has 7 heteroatoms. The molecule has 0 aliphatic rings. The average molecular weight is 269 g/mol. The van der Waals surface area contributed by atoms with Crippen molar-refractivity contribution >= 4 is 22.4 Å². The Morgan fingerprint density at radius 1 is 1.44 bits per heavy atom. The van der Waals surface area contributed by atoms with Crippen LogP contribution in [0.15, 0.2) is 22.9 Å². The average Bonchev–Trinajstić information content (AvgIpc) is 2.27. The van der Waals surface area contributed by atoms with E-state index in [1.807, 2.05) is 20.8 Å². The molecular formula is C11H15N3O3S. The number of hydrogen-bond donors (Lipinski definition) is 0. The molecule has 0 spiro atoms. The second kappa shape index (κ2) is 5.34.